The van der Waals surface area contributed by atoms with Gasteiger partial charge in [0.2, 0.25) is 0 Å². The third-order valence-electron chi connectivity index (χ3n) is 5.75. The predicted molar refractivity (Wildman–Crippen MR) is 130 cm³/mol. The van der Waals surface area contributed by atoms with Crippen LogP contribution >= 0.6 is 0 Å². The number of amides is 1. The number of hydrogen-bond donors (Lipinski definition) is 4. The summed E-state index contributed by atoms with van der Waals surface area (Å²) in [5.41, 5.74) is 3.04. The van der Waals surface area contributed by atoms with Gasteiger partial charge in [0.25, 0.3) is 5.91 Å². The number of nitrogens with one attached hydrogen (secondary N) is 3. The third kappa shape index (κ3) is 6.04. The predicted octanol–water partition coefficient (Wildman–Crippen LogP) is 3.10. The first-order chi connectivity index (χ1) is 15.2. The summed E-state index contributed by atoms with van der Waals surface area (Å²) in [7, 11) is 0. The Morgan fingerprint density at radius 2 is 2.00 bits per heavy atom. The van der Waals surface area contributed by atoms with Gasteiger partial charge in [-0.05, 0) is 38.8 Å². The summed E-state index contributed by atoms with van der Waals surface area (Å²) in [6.45, 7) is 13.0. The summed E-state index contributed by atoms with van der Waals surface area (Å²) >= 11 is 0. The number of allylic oxidation sites excluding steroid dienone is 1. The van der Waals surface area contributed by atoms with E-state index in [2.05, 4.69) is 17.2 Å². The van der Waals surface area contributed by atoms with Crippen LogP contribution in [0.2, 0.25) is 0 Å². The zero-order valence-electron chi connectivity index (χ0n) is 19.6. The lowest BCUT2D eigenvalue weighted by atomic mass is 10.0. The van der Waals surface area contributed by atoms with Gasteiger partial charge in [-0.3, -0.25) is 4.79 Å². The Morgan fingerprint density at radius 3 is 2.59 bits per heavy atom. The standard InChI is InChI=1S/C24H36N4O4/c1-6-8-22(25)16(3)17(4)24(30)27-18(5)21-13-20(9-10-23(21)32-7-2)28(31)14-19(15-28)26-11-12-29/h9-10,13,19,25-26,29H,5-8,11-12,14-15H2,1-4H3,(H,27,30)/b17-16+,25-22?. The molecule has 0 atom stereocenters. The molecule has 0 saturated carbocycles. The molecule has 0 aromatic heterocycles. The molecule has 1 amide bonds. The summed E-state index contributed by atoms with van der Waals surface area (Å²) < 4.78 is 5.21. The Labute approximate surface area is 190 Å². The van der Waals surface area contributed by atoms with Crippen LogP contribution in [0.25, 0.3) is 5.70 Å². The Bertz CT molecular complexity index is 888. The summed E-state index contributed by atoms with van der Waals surface area (Å²) in [5.74, 6) is 0.213. The van der Waals surface area contributed by atoms with Gasteiger partial charge in [-0.15, -0.1) is 0 Å². The molecule has 0 spiro atoms. The molecular weight excluding hydrogens is 408 g/mol. The van der Waals surface area contributed by atoms with E-state index in [1.165, 1.54) is 0 Å². The summed E-state index contributed by atoms with van der Waals surface area (Å²) in [4.78, 5) is 12.8. The molecule has 0 radical (unpaired) electrons. The van der Waals surface area contributed by atoms with E-state index in [0.29, 0.717) is 72.2 Å². The van der Waals surface area contributed by atoms with Crippen molar-refractivity contribution in [1.29, 1.82) is 5.41 Å². The highest BCUT2D eigenvalue weighted by Gasteiger charge is 2.39. The molecule has 0 aliphatic carbocycles. The SMILES string of the molecule is C=C(NC(=O)/C(C)=C(\C)C(=N)CCC)c1cc([N+]2([O-])CC(NCCO)C2)ccc1OCC. The fraction of sp³-hybridized carbons (Fsp3) is 0.500. The average molecular weight is 445 g/mol. The zero-order chi connectivity index (χ0) is 23.9. The fourth-order valence-corrected chi connectivity index (χ4v) is 3.69. The topological polar surface area (TPSA) is 118 Å². The second-order valence-corrected chi connectivity index (χ2v) is 8.15. The first kappa shape index (κ1) is 25.7. The van der Waals surface area contributed by atoms with Crippen molar-refractivity contribution >= 4 is 23.0 Å². The van der Waals surface area contributed by atoms with E-state index >= 15 is 0 Å². The van der Waals surface area contributed by atoms with Gasteiger partial charge in [0, 0.05) is 41.2 Å². The maximum Gasteiger partial charge on any atom is 0.251 e. The molecule has 2 rings (SSSR count). The number of benzene rings is 1. The van der Waals surface area contributed by atoms with E-state index in [9.17, 15) is 10.0 Å². The second kappa shape index (κ2) is 11.4. The molecule has 8 nitrogen and oxygen atoms in total. The minimum absolute atomic E-state index is 0.0351. The van der Waals surface area contributed by atoms with Crippen LogP contribution in [0.4, 0.5) is 5.69 Å². The van der Waals surface area contributed by atoms with Crippen LogP contribution in [0.1, 0.15) is 46.1 Å². The largest absolute Gasteiger partial charge is 0.627 e. The molecule has 1 aliphatic heterocycles. The quantitative estimate of drug-likeness (QED) is 0.171. The first-order valence-corrected chi connectivity index (χ1v) is 11.1. The maximum absolute atomic E-state index is 13.2. The van der Waals surface area contributed by atoms with Gasteiger partial charge in [0.1, 0.15) is 30.6 Å². The van der Waals surface area contributed by atoms with E-state index in [0.717, 1.165) is 6.42 Å². The van der Waals surface area contributed by atoms with Crippen LogP contribution in [0.3, 0.4) is 0 Å². The normalized spacial score (nSPS) is 20.8. The smallest absolute Gasteiger partial charge is 0.251 e. The molecule has 1 aromatic rings. The lowest BCUT2D eigenvalue weighted by Gasteiger charge is -2.53. The van der Waals surface area contributed by atoms with Gasteiger partial charge in [-0.25, -0.2) is 0 Å². The molecule has 4 N–H and O–H groups in total. The molecule has 1 aromatic carbocycles. The van der Waals surface area contributed by atoms with Crippen molar-refractivity contribution < 1.29 is 14.6 Å². The van der Waals surface area contributed by atoms with Gasteiger partial charge in [-0.2, -0.15) is 0 Å². The van der Waals surface area contributed by atoms with Crippen molar-refractivity contribution in [2.75, 3.05) is 32.8 Å². The lowest BCUT2D eigenvalue weighted by molar-refractivity contribution is -0.116. The molecule has 1 heterocycles. The summed E-state index contributed by atoms with van der Waals surface area (Å²) in [6, 6.07) is 5.28. The van der Waals surface area contributed by atoms with Crippen molar-refractivity contribution in [3.8, 4) is 5.75 Å². The van der Waals surface area contributed by atoms with Gasteiger partial charge in [0.05, 0.1) is 13.2 Å². The molecule has 1 saturated heterocycles. The summed E-state index contributed by atoms with van der Waals surface area (Å²) in [5, 5.41) is 36.2. The van der Waals surface area contributed by atoms with Crippen LogP contribution in [0, 0.1) is 10.6 Å². The molecule has 176 valence electrons. The zero-order valence-corrected chi connectivity index (χ0v) is 19.6. The van der Waals surface area contributed by atoms with Crippen LogP contribution in [-0.4, -0.2) is 55.6 Å². The Kier molecular flexibility index (Phi) is 9.15. The van der Waals surface area contributed by atoms with Gasteiger partial charge in [0.15, 0.2) is 0 Å². The number of carbonyl (C=O) groups is 1. The fourth-order valence-electron chi connectivity index (χ4n) is 3.69. The van der Waals surface area contributed by atoms with Crippen molar-refractivity contribution in [2.45, 2.75) is 46.6 Å². The van der Waals surface area contributed by atoms with E-state index in [1.54, 1.807) is 32.0 Å². The highest BCUT2D eigenvalue weighted by atomic mass is 16.6. The Morgan fingerprint density at radius 1 is 1.31 bits per heavy atom. The third-order valence-corrected chi connectivity index (χ3v) is 5.75. The number of ether oxygens (including phenoxy) is 1. The average Bonchev–Trinajstić information content (AvgIpc) is 2.75. The van der Waals surface area contributed by atoms with E-state index < -0.39 is 4.65 Å². The van der Waals surface area contributed by atoms with Crippen molar-refractivity contribution in [2.24, 2.45) is 0 Å². The molecule has 1 aliphatic rings. The monoisotopic (exact) mass is 444 g/mol. The van der Waals surface area contributed by atoms with Gasteiger partial charge < -0.3 is 35.7 Å². The molecule has 0 unspecified atom stereocenters. The number of quaternary nitrogens is 1. The lowest BCUT2D eigenvalue weighted by Crippen LogP contribution is -2.68. The Hall–Kier alpha value is -2.52. The number of hydroxylamine groups is 2. The van der Waals surface area contributed by atoms with Crippen molar-refractivity contribution in [3.05, 3.63) is 46.7 Å². The highest BCUT2D eigenvalue weighted by molar-refractivity contribution is 6.08. The number of rotatable bonds is 12. The van der Waals surface area contributed by atoms with Gasteiger partial charge >= 0.3 is 0 Å². The highest BCUT2D eigenvalue weighted by Crippen LogP contribution is 2.35. The Balaban J connectivity index is 2.22. The van der Waals surface area contributed by atoms with Crippen molar-refractivity contribution in [3.63, 3.8) is 0 Å². The molecular formula is C24H36N4O4. The number of hydrogen-bond acceptors (Lipinski definition) is 6. The molecule has 32 heavy (non-hydrogen) atoms. The van der Waals surface area contributed by atoms with E-state index in [4.69, 9.17) is 15.3 Å². The van der Waals surface area contributed by atoms with Crippen molar-refractivity contribution in [1.82, 2.24) is 15.3 Å². The molecule has 8 heteroatoms. The van der Waals surface area contributed by atoms with E-state index in [-0.39, 0.29) is 18.6 Å². The van der Waals surface area contributed by atoms with Crippen LogP contribution < -0.4 is 20.0 Å². The molecule has 0 bridgehead atoms. The van der Waals surface area contributed by atoms with Crippen LogP contribution in [-0.2, 0) is 4.79 Å². The van der Waals surface area contributed by atoms with Crippen LogP contribution in [0.5, 0.6) is 5.75 Å². The number of aliphatic hydroxyl groups is 1. The number of carbonyl (C=O) groups excluding carboxylic acids is 1. The maximum atomic E-state index is 13.2. The first-order valence-electron chi connectivity index (χ1n) is 11.1. The minimum atomic E-state index is -0.490. The number of nitrogens with zero attached hydrogens (tertiary/aromatic N) is 1. The van der Waals surface area contributed by atoms with Crippen LogP contribution in [0.15, 0.2) is 35.9 Å². The number of aliphatic hydroxyl groups excluding tert-OH is 1. The second-order valence-electron chi connectivity index (χ2n) is 8.15. The van der Waals surface area contributed by atoms with Gasteiger partial charge in [-0.1, -0.05) is 19.9 Å². The molecule has 1 fully saturated rings. The van der Waals surface area contributed by atoms with E-state index in [1.807, 2.05) is 13.8 Å². The summed E-state index contributed by atoms with van der Waals surface area (Å²) in [6.07, 6.45) is 1.46. The minimum Gasteiger partial charge on any atom is -0.627 e.